The minimum absolute atomic E-state index is 0.159. The molecule has 0 heterocycles. The van der Waals surface area contributed by atoms with E-state index in [2.05, 4.69) is 11.8 Å². The number of carbonyl (C=O) groups excluding carboxylic acids is 2. The minimum atomic E-state index is -0.855. The van der Waals surface area contributed by atoms with Gasteiger partial charge in [-0.25, -0.2) is 4.79 Å². The van der Waals surface area contributed by atoms with E-state index in [0.29, 0.717) is 12.0 Å². The molecule has 1 atom stereocenters. The third kappa shape index (κ3) is 7.11. The average Bonchev–Trinajstić information content (AvgIpc) is 2.28. The lowest BCUT2D eigenvalue weighted by Gasteiger charge is -2.10. The highest BCUT2D eigenvalue weighted by atomic mass is 16.3. The molecule has 0 aliphatic carbocycles. The Hall–Kier alpha value is -1.84. The van der Waals surface area contributed by atoms with Gasteiger partial charge in [0.2, 0.25) is 6.41 Å². The third-order valence-corrected chi connectivity index (χ3v) is 1.72. The molecule has 0 aromatic heterocycles. The van der Waals surface area contributed by atoms with E-state index in [1.807, 2.05) is 5.32 Å². The largest absolute Gasteiger partial charge is 0.394 e. The predicted octanol–water partition coefficient (Wildman–Crippen LogP) is -0.565. The molecule has 0 radical (unpaired) electrons. The molecule has 0 spiro atoms. The van der Waals surface area contributed by atoms with Crippen LogP contribution in [0.15, 0.2) is 11.8 Å². The summed E-state index contributed by atoms with van der Waals surface area (Å²) in [5.41, 5.74) is 0.596. The summed E-state index contributed by atoms with van der Waals surface area (Å²) in [5.74, 6) is 5.36. The Morgan fingerprint density at radius 1 is 1.59 bits per heavy atom. The van der Waals surface area contributed by atoms with Crippen molar-refractivity contribution in [3.8, 4) is 11.8 Å². The van der Waals surface area contributed by atoms with Crippen LogP contribution in [0, 0.1) is 11.8 Å². The van der Waals surface area contributed by atoms with Crippen LogP contribution in [0.4, 0.5) is 4.79 Å². The molecule has 0 aromatic rings. The molecule has 94 valence electrons. The summed E-state index contributed by atoms with van der Waals surface area (Å²) < 4.78 is 0. The molecule has 0 bridgehead atoms. The predicted molar refractivity (Wildman–Crippen MR) is 61.6 cm³/mol. The van der Waals surface area contributed by atoms with Crippen LogP contribution < -0.4 is 5.32 Å². The molecule has 3 N–H and O–H groups in total. The number of urea groups is 1. The second-order valence-electron chi connectivity index (χ2n) is 3.33. The first kappa shape index (κ1) is 15.2. The first-order chi connectivity index (χ1) is 8.01. The molecule has 0 saturated carbocycles. The Bertz CT molecular complexity index is 354. The zero-order valence-corrected chi connectivity index (χ0v) is 9.80. The molecule has 0 aromatic carbocycles. The lowest BCUT2D eigenvalue weighted by molar-refractivity contribution is -0.108. The fourth-order valence-electron chi connectivity index (χ4n) is 0.906. The van der Waals surface area contributed by atoms with Gasteiger partial charge in [0.15, 0.2) is 0 Å². The molecule has 0 saturated heterocycles. The molecular formula is C11H16N2O4. The van der Waals surface area contributed by atoms with E-state index >= 15 is 0 Å². The molecule has 1 unspecified atom stereocenters. The van der Waals surface area contributed by atoms with Gasteiger partial charge in [0.05, 0.1) is 12.7 Å². The highest BCUT2D eigenvalue weighted by Crippen LogP contribution is 1.95. The molecule has 17 heavy (non-hydrogen) atoms. The molecule has 6 nitrogen and oxygen atoms in total. The van der Waals surface area contributed by atoms with Gasteiger partial charge in [-0.1, -0.05) is 11.8 Å². The molecule has 0 aliphatic heterocycles. The van der Waals surface area contributed by atoms with Gasteiger partial charge in [0, 0.05) is 25.2 Å². The summed E-state index contributed by atoms with van der Waals surface area (Å²) in [7, 11) is 1.48. The van der Waals surface area contributed by atoms with Crippen LogP contribution in [0.1, 0.15) is 13.3 Å². The zero-order chi connectivity index (χ0) is 13.3. The number of allylic oxidation sites excluding steroid dienone is 1. The maximum absolute atomic E-state index is 11.1. The summed E-state index contributed by atoms with van der Waals surface area (Å²) in [4.78, 5) is 22.3. The van der Waals surface area contributed by atoms with Crippen LogP contribution in [0.5, 0.6) is 0 Å². The van der Waals surface area contributed by atoms with E-state index in [4.69, 9.17) is 10.2 Å². The number of aliphatic hydroxyl groups is 2. The van der Waals surface area contributed by atoms with Crippen LogP contribution in [-0.4, -0.2) is 47.3 Å². The van der Waals surface area contributed by atoms with Crippen LogP contribution in [0.3, 0.4) is 0 Å². The number of hydrogen-bond donors (Lipinski definition) is 3. The maximum atomic E-state index is 11.1. The summed E-state index contributed by atoms with van der Waals surface area (Å²) in [6.45, 7) is 1.35. The topological polar surface area (TPSA) is 89.9 Å². The van der Waals surface area contributed by atoms with Crippen LogP contribution in [-0.2, 0) is 4.79 Å². The number of aliphatic hydroxyl groups excluding tert-OH is 2. The second-order valence-corrected chi connectivity index (χ2v) is 3.33. The van der Waals surface area contributed by atoms with E-state index in [-0.39, 0.29) is 13.0 Å². The quantitative estimate of drug-likeness (QED) is 0.453. The van der Waals surface area contributed by atoms with Crippen LogP contribution in [0.2, 0.25) is 0 Å². The van der Waals surface area contributed by atoms with Crippen molar-refractivity contribution >= 4 is 12.4 Å². The number of imide groups is 1. The second kappa shape index (κ2) is 8.33. The summed E-state index contributed by atoms with van der Waals surface area (Å²) in [6, 6.07) is -0.559. The van der Waals surface area contributed by atoms with Crippen LogP contribution in [0.25, 0.3) is 0 Å². The van der Waals surface area contributed by atoms with E-state index in [9.17, 15) is 9.59 Å². The average molecular weight is 240 g/mol. The van der Waals surface area contributed by atoms with Gasteiger partial charge >= 0.3 is 6.03 Å². The van der Waals surface area contributed by atoms with Gasteiger partial charge < -0.3 is 15.1 Å². The summed E-state index contributed by atoms with van der Waals surface area (Å²) in [5, 5.41) is 19.6. The standard InChI is InChI=1S/C11H16N2O4/c1-9(4-3-5-10(16)7-14)6-13(2)11(17)12-8-15/h6,8,10,14,16H,5,7H2,1-2H3,(H,12,15,17)/b9-6+. The number of nitrogens with one attached hydrogen (secondary N) is 1. The van der Waals surface area contributed by atoms with E-state index in [1.54, 1.807) is 6.92 Å². The van der Waals surface area contributed by atoms with Crippen molar-refractivity contribution in [1.82, 2.24) is 10.2 Å². The Kier molecular flexibility index (Phi) is 7.43. The van der Waals surface area contributed by atoms with Crippen molar-refractivity contribution in [3.05, 3.63) is 11.8 Å². The highest BCUT2D eigenvalue weighted by molar-refractivity contribution is 5.84. The smallest absolute Gasteiger partial charge is 0.327 e. The molecular weight excluding hydrogens is 224 g/mol. The molecule has 0 fully saturated rings. The Balaban J connectivity index is 4.33. The third-order valence-electron chi connectivity index (χ3n) is 1.72. The Labute approximate surface area is 99.9 Å². The van der Waals surface area contributed by atoms with Crippen molar-refractivity contribution in [3.63, 3.8) is 0 Å². The van der Waals surface area contributed by atoms with Gasteiger partial charge in [0.1, 0.15) is 0 Å². The zero-order valence-electron chi connectivity index (χ0n) is 9.80. The van der Waals surface area contributed by atoms with Crippen molar-refractivity contribution in [2.45, 2.75) is 19.4 Å². The first-order valence-corrected chi connectivity index (χ1v) is 4.94. The number of hydrogen-bond acceptors (Lipinski definition) is 4. The van der Waals surface area contributed by atoms with Crippen molar-refractivity contribution < 1.29 is 19.8 Å². The number of carbonyl (C=O) groups is 2. The lowest BCUT2D eigenvalue weighted by atomic mass is 10.2. The highest BCUT2D eigenvalue weighted by Gasteiger charge is 2.03. The Morgan fingerprint density at radius 3 is 2.76 bits per heavy atom. The number of rotatable bonds is 4. The monoisotopic (exact) mass is 240 g/mol. The number of amides is 3. The van der Waals surface area contributed by atoms with Crippen molar-refractivity contribution in [2.24, 2.45) is 0 Å². The SMILES string of the molecule is C/C(C#CCC(O)CO)=C\N(C)C(=O)NC=O. The van der Waals surface area contributed by atoms with Gasteiger partial charge in [-0.3, -0.25) is 10.1 Å². The first-order valence-electron chi connectivity index (χ1n) is 4.94. The van der Waals surface area contributed by atoms with Crippen LogP contribution >= 0.6 is 0 Å². The van der Waals surface area contributed by atoms with Gasteiger partial charge in [-0.15, -0.1) is 0 Å². The summed E-state index contributed by atoms with van der Waals surface area (Å²) >= 11 is 0. The molecule has 6 heteroatoms. The van der Waals surface area contributed by atoms with Gasteiger partial charge in [-0.2, -0.15) is 0 Å². The summed E-state index contributed by atoms with van der Waals surface area (Å²) in [6.07, 6.45) is 1.06. The van der Waals surface area contributed by atoms with Crippen molar-refractivity contribution in [2.75, 3.05) is 13.7 Å². The normalized spacial score (nSPS) is 12.1. The van der Waals surface area contributed by atoms with Gasteiger partial charge in [0.25, 0.3) is 0 Å². The number of nitrogens with zero attached hydrogens (tertiary/aromatic N) is 1. The fourth-order valence-corrected chi connectivity index (χ4v) is 0.906. The maximum Gasteiger partial charge on any atom is 0.327 e. The Morgan fingerprint density at radius 2 is 2.24 bits per heavy atom. The van der Waals surface area contributed by atoms with Gasteiger partial charge in [-0.05, 0) is 6.92 Å². The van der Waals surface area contributed by atoms with E-state index in [0.717, 1.165) is 0 Å². The lowest BCUT2D eigenvalue weighted by Crippen LogP contribution is -2.32. The van der Waals surface area contributed by atoms with Crippen molar-refractivity contribution in [1.29, 1.82) is 0 Å². The minimum Gasteiger partial charge on any atom is -0.394 e. The molecule has 3 amide bonds. The molecule has 0 rings (SSSR count). The van der Waals surface area contributed by atoms with E-state index in [1.165, 1.54) is 18.1 Å². The van der Waals surface area contributed by atoms with E-state index < -0.39 is 12.1 Å². The molecule has 0 aliphatic rings. The fraction of sp³-hybridized carbons (Fsp3) is 0.455.